The fourth-order valence-corrected chi connectivity index (χ4v) is 0.896. The molecule has 0 aromatic carbocycles. The van der Waals surface area contributed by atoms with Crippen LogP contribution in [0.5, 0.6) is 5.75 Å². The Bertz CT molecular complexity index is 304. The largest absolute Gasteiger partial charge is 0.478 e. The van der Waals surface area contributed by atoms with Gasteiger partial charge in [0.15, 0.2) is 22.8 Å². The summed E-state index contributed by atoms with van der Waals surface area (Å²) in [6.07, 6.45) is -2.80. The summed E-state index contributed by atoms with van der Waals surface area (Å²) >= 11 is 5.58. The molecule has 0 saturated carbocycles. The van der Waals surface area contributed by atoms with Crippen LogP contribution < -0.4 is 10.5 Å². The van der Waals surface area contributed by atoms with Crippen LogP contribution in [0.3, 0.4) is 0 Å². The lowest BCUT2D eigenvalue weighted by atomic mass is 10.4. The van der Waals surface area contributed by atoms with Crippen molar-refractivity contribution in [3.63, 3.8) is 0 Å². The summed E-state index contributed by atoms with van der Waals surface area (Å²) in [5.74, 6) is -0.167. The maximum atomic E-state index is 12.1. The Balaban J connectivity index is 2.85. The normalized spacial score (nSPS) is 12.9. The van der Waals surface area contributed by atoms with Crippen LogP contribution in [0.4, 0.5) is 14.6 Å². The van der Waals surface area contributed by atoms with E-state index in [0.717, 1.165) is 6.33 Å². The van der Waals surface area contributed by atoms with Crippen LogP contribution in [0.15, 0.2) is 6.33 Å². The third-order valence-corrected chi connectivity index (χ3v) is 1.72. The van der Waals surface area contributed by atoms with Gasteiger partial charge in [-0.05, 0) is 6.92 Å². The van der Waals surface area contributed by atoms with Gasteiger partial charge in [-0.3, -0.25) is 0 Å². The molecule has 0 spiro atoms. The number of alkyl halides is 2. The molecule has 1 atom stereocenters. The number of nitrogen functional groups attached to an aromatic ring is 1. The van der Waals surface area contributed by atoms with E-state index >= 15 is 0 Å². The van der Waals surface area contributed by atoms with Crippen LogP contribution in [0.2, 0.25) is 5.15 Å². The van der Waals surface area contributed by atoms with Crippen LogP contribution in [-0.2, 0) is 0 Å². The zero-order valence-corrected chi connectivity index (χ0v) is 8.00. The van der Waals surface area contributed by atoms with Crippen molar-refractivity contribution in [1.82, 2.24) is 9.97 Å². The first kappa shape index (κ1) is 10.9. The van der Waals surface area contributed by atoms with E-state index < -0.39 is 12.5 Å². The highest BCUT2D eigenvalue weighted by Gasteiger charge is 2.19. The minimum atomic E-state index is -2.62. The van der Waals surface area contributed by atoms with Crippen molar-refractivity contribution in [2.45, 2.75) is 19.5 Å². The van der Waals surface area contributed by atoms with Crippen LogP contribution in [0, 0.1) is 0 Å². The van der Waals surface area contributed by atoms with E-state index in [1.165, 1.54) is 6.92 Å². The topological polar surface area (TPSA) is 61.0 Å². The first-order chi connectivity index (χ1) is 6.52. The molecule has 1 unspecified atom stereocenters. The second kappa shape index (κ2) is 4.36. The number of hydrogen-bond acceptors (Lipinski definition) is 4. The third-order valence-electron chi connectivity index (χ3n) is 1.45. The summed E-state index contributed by atoms with van der Waals surface area (Å²) in [4.78, 5) is 7.12. The maximum absolute atomic E-state index is 12.1. The Morgan fingerprint density at radius 1 is 1.50 bits per heavy atom. The molecule has 1 heterocycles. The SMILES string of the molecule is CC(Oc1c(N)ncnc1Cl)C(F)F. The number of hydrogen-bond donors (Lipinski definition) is 1. The number of halogens is 3. The second-order valence-corrected chi connectivity index (χ2v) is 2.89. The molecule has 0 saturated heterocycles. The van der Waals surface area contributed by atoms with Gasteiger partial charge < -0.3 is 10.5 Å². The highest BCUT2D eigenvalue weighted by atomic mass is 35.5. The van der Waals surface area contributed by atoms with Gasteiger partial charge in [-0.1, -0.05) is 11.6 Å². The molecule has 1 rings (SSSR count). The highest BCUT2D eigenvalue weighted by molar-refractivity contribution is 6.31. The second-order valence-electron chi connectivity index (χ2n) is 2.54. The van der Waals surface area contributed by atoms with Crippen molar-refractivity contribution in [3.05, 3.63) is 11.5 Å². The summed E-state index contributed by atoms with van der Waals surface area (Å²) in [6.45, 7) is 1.20. The van der Waals surface area contributed by atoms with E-state index in [9.17, 15) is 8.78 Å². The lowest BCUT2D eigenvalue weighted by Crippen LogP contribution is -2.22. The fourth-order valence-electron chi connectivity index (χ4n) is 0.711. The molecule has 0 aliphatic rings. The van der Waals surface area contributed by atoms with Gasteiger partial charge in [-0.25, -0.2) is 18.7 Å². The molecule has 0 aliphatic heterocycles. The van der Waals surface area contributed by atoms with Gasteiger partial charge in [0.1, 0.15) is 6.33 Å². The Labute approximate surface area is 84.1 Å². The van der Waals surface area contributed by atoms with Crippen molar-refractivity contribution >= 4 is 17.4 Å². The Hall–Kier alpha value is -1.17. The summed E-state index contributed by atoms with van der Waals surface area (Å²) in [5.41, 5.74) is 5.36. The van der Waals surface area contributed by atoms with Crippen molar-refractivity contribution in [2.75, 3.05) is 5.73 Å². The molecular weight excluding hydrogens is 216 g/mol. The van der Waals surface area contributed by atoms with Crippen LogP contribution in [0.1, 0.15) is 6.92 Å². The first-order valence-corrected chi connectivity index (χ1v) is 4.11. The van der Waals surface area contributed by atoms with Gasteiger partial charge in [-0.15, -0.1) is 0 Å². The average Bonchev–Trinajstić information content (AvgIpc) is 2.11. The third kappa shape index (κ3) is 2.41. The van der Waals surface area contributed by atoms with Gasteiger partial charge in [0.05, 0.1) is 0 Å². The van der Waals surface area contributed by atoms with Crippen molar-refractivity contribution in [3.8, 4) is 5.75 Å². The summed E-state index contributed by atoms with van der Waals surface area (Å²) in [7, 11) is 0. The van der Waals surface area contributed by atoms with Gasteiger partial charge in [0.25, 0.3) is 6.43 Å². The molecule has 4 nitrogen and oxygen atoms in total. The Morgan fingerprint density at radius 2 is 2.14 bits per heavy atom. The quantitative estimate of drug-likeness (QED) is 0.793. The van der Waals surface area contributed by atoms with Crippen molar-refractivity contribution in [2.24, 2.45) is 0 Å². The molecule has 1 aromatic rings. The summed E-state index contributed by atoms with van der Waals surface area (Å²) < 4.78 is 29.1. The predicted molar refractivity (Wildman–Crippen MR) is 47.5 cm³/mol. The van der Waals surface area contributed by atoms with E-state index in [2.05, 4.69) is 9.97 Å². The zero-order valence-electron chi connectivity index (χ0n) is 7.25. The molecule has 7 heteroatoms. The molecule has 0 fully saturated rings. The molecule has 0 aliphatic carbocycles. The molecule has 0 bridgehead atoms. The van der Waals surface area contributed by atoms with Crippen molar-refractivity contribution in [1.29, 1.82) is 0 Å². The smallest absolute Gasteiger partial charge is 0.274 e. The van der Waals surface area contributed by atoms with Gasteiger partial charge >= 0.3 is 0 Å². The minimum Gasteiger partial charge on any atom is -0.478 e. The Morgan fingerprint density at radius 3 is 2.64 bits per heavy atom. The van der Waals surface area contributed by atoms with Crippen molar-refractivity contribution < 1.29 is 13.5 Å². The Kier molecular flexibility index (Phi) is 3.40. The number of aromatic nitrogens is 2. The highest BCUT2D eigenvalue weighted by Crippen LogP contribution is 2.28. The van der Waals surface area contributed by atoms with E-state index in [1.54, 1.807) is 0 Å². The molecule has 1 aromatic heterocycles. The predicted octanol–water partition coefficient (Wildman–Crippen LogP) is 1.74. The number of nitrogens with zero attached hydrogens (tertiary/aromatic N) is 2. The zero-order chi connectivity index (χ0) is 10.7. The van der Waals surface area contributed by atoms with Gasteiger partial charge in [0, 0.05) is 0 Å². The fraction of sp³-hybridized carbons (Fsp3) is 0.429. The molecular formula is C7H8ClF2N3O. The minimum absolute atomic E-state index is 0.0579. The molecule has 0 amide bonds. The maximum Gasteiger partial charge on any atom is 0.274 e. The lowest BCUT2D eigenvalue weighted by molar-refractivity contribution is 0.0227. The van der Waals surface area contributed by atoms with E-state index in [1.807, 2.05) is 0 Å². The average molecular weight is 224 g/mol. The summed E-state index contributed by atoms with van der Waals surface area (Å²) in [5, 5.41) is -0.0787. The first-order valence-electron chi connectivity index (χ1n) is 3.73. The number of nitrogens with two attached hydrogens (primary N) is 1. The van der Waals surface area contributed by atoms with E-state index in [0.29, 0.717) is 0 Å². The van der Waals surface area contributed by atoms with Gasteiger partial charge in [-0.2, -0.15) is 0 Å². The van der Waals surface area contributed by atoms with Crippen LogP contribution in [-0.4, -0.2) is 22.5 Å². The monoisotopic (exact) mass is 223 g/mol. The lowest BCUT2D eigenvalue weighted by Gasteiger charge is -2.14. The molecule has 78 valence electrons. The number of rotatable bonds is 3. The van der Waals surface area contributed by atoms with Crippen LogP contribution >= 0.6 is 11.6 Å². The summed E-state index contributed by atoms with van der Waals surface area (Å²) in [6, 6.07) is 0. The molecule has 2 N–H and O–H groups in total. The molecule has 14 heavy (non-hydrogen) atoms. The molecule has 0 radical (unpaired) electrons. The number of anilines is 1. The van der Waals surface area contributed by atoms with Crippen LogP contribution in [0.25, 0.3) is 0 Å². The van der Waals surface area contributed by atoms with E-state index in [4.69, 9.17) is 22.1 Å². The standard InChI is InChI=1S/C7H8ClF2N3O/c1-3(6(9)10)14-4-5(8)12-2-13-7(4)11/h2-3,6H,1H3,(H2,11,12,13). The van der Waals surface area contributed by atoms with E-state index in [-0.39, 0.29) is 16.7 Å². The van der Waals surface area contributed by atoms with Gasteiger partial charge in [0.2, 0.25) is 0 Å². The number of ether oxygens (including phenoxy) is 1.